The maximum atomic E-state index is 12.9. The SMILES string of the molecule is CN(C)c1ccc(C(F)(F)F)cc1C1CC(C(=O)O)CN1. The maximum absolute atomic E-state index is 12.9. The van der Waals surface area contributed by atoms with E-state index >= 15 is 0 Å². The Morgan fingerprint density at radius 2 is 2.05 bits per heavy atom. The molecule has 0 aliphatic carbocycles. The van der Waals surface area contributed by atoms with E-state index in [1.165, 1.54) is 6.07 Å². The topological polar surface area (TPSA) is 52.6 Å². The Hall–Kier alpha value is -1.76. The second kappa shape index (κ2) is 5.55. The van der Waals surface area contributed by atoms with Gasteiger partial charge >= 0.3 is 12.1 Å². The van der Waals surface area contributed by atoms with Crippen LogP contribution in [0, 0.1) is 5.92 Å². The van der Waals surface area contributed by atoms with Crippen molar-refractivity contribution in [1.29, 1.82) is 0 Å². The monoisotopic (exact) mass is 302 g/mol. The number of anilines is 1. The molecule has 2 atom stereocenters. The minimum Gasteiger partial charge on any atom is -0.481 e. The number of rotatable bonds is 3. The van der Waals surface area contributed by atoms with Gasteiger partial charge in [-0.25, -0.2) is 0 Å². The van der Waals surface area contributed by atoms with Gasteiger partial charge < -0.3 is 15.3 Å². The highest BCUT2D eigenvalue weighted by atomic mass is 19.4. The van der Waals surface area contributed by atoms with E-state index in [2.05, 4.69) is 5.32 Å². The van der Waals surface area contributed by atoms with E-state index in [1.54, 1.807) is 19.0 Å². The lowest BCUT2D eigenvalue weighted by Gasteiger charge is -2.23. The number of carboxylic acid groups (broad SMARTS) is 1. The first-order chi connectivity index (χ1) is 9.70. The molecule has 1 aliphatic rings. The number of hydrogen-bond acceptors (Lipinski definition) is 3. The van der Waals surface area contributed by atoms with Crippen molar-refractivity contribution < 1.29 is 23.1 Å². The summed E-state index contributed by atoms with van der Waals surface area (Å²) in [6.45, 7) is 0.267. The van der Waals surface area contributed by atoms with Gasteiger partial charge in [0.05, 0.1) is 11.5 Å². The summed E-state index contributed by atoms with van der Waals surface area (Å²) in [6.07, 6.45) is -4.12. The van der Waals surface area contributed by atoms with Gasteiger partial charge in [-0.15, -0.1) is 0 Å². The zero-order valence-corrected chi connectivity index (χ0v) is 11.7. The standard InChI is InChI=1S/C14H17F3N2O2/c1-19(2)12-4-3-9(14(15,16)17)6-10(12)11-5-8(7-18-11)13(20)21/h3-4,6,8,11,18H,5,7H2,1-2H3,(H,20,21). The number of nitrogens with one attached hydrogen (secondary N) is 1. The molecule has 0 bridgehead atoms. The third-order valence-corrected chi connectivity index (χ3v) is 3.69. The summed E-state index contributed by atoms with van der Waals surface area (Å²) in [5.41, 5.74) is 0.425. The molecule has 21 heavy (non-hydrogen) atoms. The fraction of sp³-hybridized carbons (Fsp3) is 0.500. The average molecular weight is 302 g/mol. The molecule has 1 saturated heterocycles. The Balaban J connectivity index is 2.38. The van der Waals surface area contributed by atoms with Gasteiger partial charge in [-0.05, 0) is 30.2 Å². The van der Waals surface area contributed by atoms with E-state index in [0.29, 0.717) is 11.3 Å². The minimum absolute atomic E-state index is 0.267. The van der Waals surface area contributed by atoms with Crippen LogP contribution in [-0.2, 0) is 11.0 Å². The van der Waals surface area contributed by atoms with Gasteiger partial charge in [-0.2, -0.15) is 13.2 Å². The molecule has 0 aromatic heterocycles. The van der Waals surface area contributed by atoms with Gasteiger partial charge in [0.15, 0.2) is 0 Å². The zero-order chi connectivity index (χ0) is 15.8. The molecule has 1 heterocycles. The highest BCUT2D eigenvalue weighted by molar-refractivity contribution is 5.71. The fourth-order valence-electron chi connectivity index (χ4n) is 2.58. The second-order valence-electron chi connectivity index (χ2n) is 5.40. The molecule has 7 heteroatoms. The van der Waals surface area contributed by atoms with Crippen molar-refractivity contribution in [2.75, 3.05) is 25.5 Å². The summed E-state index contributed by atoms with van der Waals surface area (Å²) < 4.78 is 38.6. The lowest BCUT2D eigenvalue weighted by Crippen LogP contribution is -2.20. The van der Waals surface area contributed by atoms with Crippen LogP contribution < -0.4 is 10.2 Å². The molecule has 1 aromatic carbocycles. The van der Waals surface area contributed by atoms with Crippen LogP contribution in [0.2, 0.25) is 0 Å². The number of carbonyl (C=O) groups is 1. The summed E-state index contributed by atoms with van der Waals surface area (Å²) in [5.74, 6) is -1.50. The van der Waals surface area contributed by atoms with Crippen LogP contribution in [0.25, 0.3) is 0 Å². The number of aliphatic carboxylic acids is 1. The Bertz CT molecular complexity index is 544. The largest absolute Gasteiger partial charge is 0.481 e. The van der Waals surface area contributed by atoms with Crippen LogP contribution in [0.15, 0.2) is 18.2 Å². The van der Waals surface area contributed by atoms with Crippen LogP contribution in [-0.4, -0.2) is 31.7 Å². The Labute approximate surface area is 120 Å². The quantitative estimate of drug-likeness (QED) is 0.901. The molecule has 1 fully saturated rings. The van der Waals surface area contributed by atoms with Crippen molar-refractivity contribution in [3.8, 4) is 0 Å². The Morgan fingerprint density at radius 3 is 2.52 bits per heavy atom. The molecular weight excluding hydrogens is 285 g/mol. The van der Waals surface area contributed by atoms with Gasteiger partial charge in [-0.1, -0.05) is 0 Å². The summed E-state index contributed by atoms with van der Waals surface area (Å²) in [7, 11) is 3.49. The molecule has 0 amide bonds. The molecule has 0 spiro atoms. The van der Waals surface area contributed by atoms with E-state index in [9.17, 15) is 18.0 Å². The first-order valence-corrected chi connectivity index (χ1v) is 6.55. The van der Waals surface area contributed by atoms with Gasteiger partial charge in [0, 0.05) is 32.4 Å². The molecular formula is C14H17F3N2O2. The molecule has 0 saturated carbocycles. The smallest absolute Gasteiger partial charge is 0.416 e. The van der Waals surface area contributed by atoms with Crippen molar-refractivity contribution in [3.05, 3.63) is 29.3 Å². The van der Waals surface area contributed by atoms with Gasteiger partial charge in [-0.3, -0.25) is 4.79 Å². The fourth-order valence-corrected chi connectivity index (χ4v) is 2.58. The van der Waals surface area contributed by atoms with Crippen LogP contribution in [0.4, 0.5) is 18.9 Å². The van der Waals surface area contributed by atoms with E-state index in [4.69, 9.17) is 5.11 Å². The number of carboxylic acids is 1. The maximum Gasteiger partial charge on any atom is 0.416 e. The number of alkyl halides is 3. The van der Waals surface area contributed by atoms with E-state index in [-0.39, 0.29) is 19.0 Å². The summed E-state index contributed by atoms with van der Waals surface area (Å²) in [5, 5.41) is 12.0. The third-order valence-electron chi connectivity index (χ3n) is 3.69. The Morgan fingerprint density at radius 1 is 1.38 bits per heavy atom. The van der Waals surface area contributed by atoms with Crippen LogP contribution in [0.1, 0.15) is 23.6 Å². The van der Waals surface area contributed by atoms with E-state index in [0.717, 1.165) is 12.1 Å². The molecule has 116 valence electrons. The third kappa shape index (κ3) is 3.29. The first kappa shape index (κ1) is 15.6. The number of benzene rings is 1. The number of hydrogen-bond donors (Lipinski definition) is 2. The lowest BCUT2D eigenvalue weighted by atomic mass is 9.96. The van der Waals surface area contributed by atoms with Gasteiger partial charge in [0.25, 0.3) is 0 Å². The zero-order valence-electron chi connectivity index (χ0n) is 11.7. The summed E-state index contributed by atoms with van der Waals surface area (Å²) in [6, 6.07) is 3.19. The number of nitrogens with zero attached hydrogens (tertiary/aromatic N) is 1. The molecule has 2 N–H and O–H groups in total. The highest BCUT2D eigenvalue weighted by Crippen LogP contribution is 2.38. The summed E-state index contributed by atoms with van der Waals surface area (Å²) in [4.78, 5) is 12.7. The molecule has 1 aliphatic heterocycles. The average Bonchev–Trinajstić information content (AvgIpc) is 2.86. The van der Waals surface area contributed by atoms with Crippen LogP contribution in [0.3, 0.4) is 0 Å². The Kier molecular flexibility index (Phi) is 4.13. The van der Waals surface area contributed by atoms with Crippen LogP contribution >= 0.6 is 0 Å². The second-order valence-corrected chi connectivity index (χ2v) is 5.40. The highest BCUT2D eigenvalue weighted by Gasteiger charge is 2.35. The number of halogens is 3. The van der Waals surface area contributed by atoms with Crippen LogP contribution in [0.5, 0.6) is 0 Å². The predicted molar refractivity (Wildman–Crippen MR) is 72.3 cm³/mol. The molecule has 2 unspecified atom stereocenters. The van der Waals surface area contributed by atoms with Crippen molar-refractivity contribution in [2.24, 2.45) is 5.92 Å². The minimum atomic E-state index is -4.41. The molecule has 4 nitrogen and oxygen atoms in total. The van der Waals surface area contributed by atoms with Gasteiger partial charge in [0.1, 0.15) is 0 Å². The summed E-state index contributed by atoms with van der Waals surface area (Å²) >= 11 is 0. The van der Waals surface area contributed by atoms with Crippen molar-refractivity contribution in [2.45, 2.75) is 18.6 Å². The van der Waals surface area contributed by atoms with Crippen molar-refractivity contribution in [1.82, 2.24) is 5.32 Å². The molecule has 0 radical (unpaired) electrons. The predicted octanol–water partition coefficient (Wildman–Crippen LogP) is 2.51. The van der Waals surface area contributed by atoms with Crippen molar-refractivity contribution in [3.63, 3.8) is 0 Å². The normalized spacial score (nSPS) is 22.3. The van der Waals surface area contributed by atoms with E-state index < -0.39 is 23.6 Å². The molecule has 2 rings (SSSR count). The lowest BCUT2D eigenvalue weighted by molar-refractivity contribution is -0.141. The molecule has 1 aromatic rings. The van der Waals surface area contributed by atoms with Gasteiger partial charge in [0.2, 0.25) is 0 Å². The van der Waals surface area contributed by atoms with E-state index in [1.807, 2.05) is 0 Å². The first-order valence-electron chi connectivity index (χ1n) is 6.55. The van der Waals surface area contributed by atoms with Crippen molar-refractivity contribution >= 4 is 11.7 Å².